The summed E-state index contributed by atoms with van der Waals surface area (Å²) in [4.78, 5) is 28.4. The van der Waals surface area contributed by atoms with Crippen LogP contribution in [-0.4, -0.2) is 35.8 Å². The fraction of sp³-hybridized carbons (Fsp3) is 0.222. The third-order valence-corrected chi connectivity index (χ3v) is 4.60. The molecule has 0 N–H and O–H groups in total. The second-order valence-corrected chi connectivity index (χ2v) is 6.57. The molecule has 1 fully saturated rings. The van der Waals surface area contributed by atoms with E-state index in [1.54, 1.807) is 42.2 Å². The molecule has 0 bridgehead atoms. The molecule has 2 aromatic rings. The summed E-state index contributed by atoms with van der Waals surface area (Å²) in [5, 5.41) is 0. The normalized spacial score (nSPS) is 18.0. The van der Waals surface area contributed by atoms with Gasteiger partial charge in [0.05, 0.1) is 0 Å². The first kappa shape index (κ1) is 16.6. The Morgan fingerprint density at radius 3 is 2.62 bits per heavy atom. The highest BCUT2D eigenvalue weighted by Crippen LogP contribution is 2.23. The maximum Gasteiger partial charge on any atom is 0.254 e. The zero-order valence-corrected chi connectivity index (χ0v) is 14.7. The van der Waals surface area contributed by atoms with Crippen LogP contribution in [0.2, 0.25) is 0 Å². The molecule has 6 heteroatoms. The van der Waals surface area contributed by atoms with Gasteiger partial charge in [0.2, 0.25) is 5.91 Å². The molecule has 0 unspecified atom stereocenters. The number of benzene rings is 2. The Labute approximate surface area is 148 Å². The Balaban J connectivity index is 1.81. The van der Waals surface area contributed by atoms with Crippen LogP contribution in [-0.2, 0) is 4.79 Å². The Morgan fingerprint density at radius 1 is 1.17 bits per heavy atom. The lowest BCUT2D eigenvalue weighted by Crippen LogP contribution is -2.57. The highest BCUT2D eigenvalue weighted by Gasteiger charge is 2.35. The molecule has 0 spiro atoms. The minimum Gasteiger partial charge on any atom is -0.325 e. The summed E-state index contributed by atoms with van der Waals surface area (Å²) in [5.74, 6) is -0.785. The summed E-state index contributed by atoms with van der Waals surface area (Å²) in [7, 11) is 0. The van der Waals surface area contributed by atoms with Crippen LogP contribution in [0, 0.1) is 5.82 Å². The standard InChI is InChI=1S/C18H16BrFN2O2/c1-12-17(23)22(16-7-3-6-15(20)11-16)9-8-21(12)18(24)13-4-2-5-14(19)10-13/h2-7,10-12H,8-9H2,1H3/t12-/m0/s1. The maximum atomic E-state index is 13.4. The molecular weight excluding hydrogens is 375 g/mol. The van der Waals surface area contributed by atoms with E-state index < -0.39 is 6.04 Å². The molecule has 0 radical (unpaired) electrons. The van der Waals surface area contributed by atoms with Gasteiger partial charge in [-0.2, -0.15) is 0 Å². The lowest BCUT2D eigenvalue weighted by molar-refractivity contribution is -0.124. The highest BCUT2D eigenvalue weighted by atomic mass is 79.9. The minimum absolute atomic E-state index is 0.184. The van der Waals surface area contributed by atoms with Crippen molar-refractivity contribution in [2.75, 3.05) is 18.0 Å². The number of carbonyl (C=O) groups excluding carboxylic acids is 2. The number of anilines is 1. The highest BCUT2D eigenvalue weighted by molar-refractivity contribution is 9.10. The SMILES string of the molecule is C[C@H]1C(=O)N(c2cccc(F)c2)CCN1C(=O)c1cccc(Br)c1. The van der Waals surface area contributed by atoms with Gasteiger partial charge in [-0.25, -0.2) is 4.39 Å². The number of hydrogen-bond acceptors (Lipinski definition) is 2. The summed E-state index contributed by atoms with van der Waals surface area (Å²) < 4.78 is 14.2. The van der Waals surface area contributed by atoms with Gasteiger partial charge < -0.3 is 9.80 Å². The van der Waals surface area contributed by atoms with Gasteiger partial charge in [0.25, 0.3) is 5.91 Å². The van der Waals surface area contributed by atoms with E-state index in [4.69, 9.17) is 0 Å². The van der Waals surface area contributed by atoms with Crippen molar-refractivity contribution in [3.05, 3.63) is 64.4 Å². The number of hydrogen-bond donors (Lipinski definition) is 0. The molecule has 0 aliphatic carbocycles. The molecule has 1 atom stereocenters. The van der Waals surface area contributed by atoms with E-state index in [1.807, 2.05) is 6.07 Å². The van der Waals surface area contributed by atoms with Gasteiger partial charge >= 0.3 is 0 Å². The lowest BCUT2D eigenvalue weighted by Gasteiger charge is -2.39. The first-order chi connectivity index (χ1) is 11.5. The van der Waals surface area contributed by atoms with Gasteiger partial charge in [-0.3, -0.25) is 9.59 Å². The predicted octanol–water partition coefficient (Wildman–Crippen LogP) is 3.47. The van der Waals surface area contributed by atoms with Crippen molar-refractivity contribution in [2.24, 2.45) is 0 Å². The van der Waals surface area contributed by atoms with Crippen LogP contribution >= 0.6 is 15.9 Å². The quantitative estimate of drug-likeness (QED) is 0.787. The van der Waals surface area contributed by atoms with E-state index in [2.05, 4.69) is 15.9 Å². The second-order valence-electron chi connectivity index (χ2n) is 5.65. The smallest absolute Gasteiger partial charge is 0.254 e. The average Bonchev–Trinajstić information content (AvgIpc) is 2.56. The summed E-state index contributed by atoms with van der Waals surface area (Å²) in [6.07, 6.45) is 0. The molecule has 2 amide bonds. The average molecular weight is 391 g/mol. The topological polar surface area (TPSA) is 40.6 Å². The lowest BCUT2D eigenvalue weighted by atomic mass is 10.1. The molecule has 24 heavy (non-hydrogen) atoms. The van der Waals surface area contributed by atoms with Crippen LogP contribution in [0.5, 0.6) is 0 Å². The number of amides is 2. The Morgan fingerprint density at radius 2 is 1.92 bits per heavy atom. The molecule has 2 aromatic carbocycles. The molecular formula is C18H16BrFN2O2. The molecule has 1 saturated heterocycles. The fourth-order valence-corrected chi connectivity index (χ4v) is 3.23. The van der Waals surface area contributed by atoms with E-state index in [0.29, 0.717) is 24.3 Å². The number of carbonyl (C=O) groups is 2. The van der Waals surface area contributed by atoms with Crippen LogP contribution in [0.25, 0.3) is 0 Å². The van der Waals surface area contributed by atoms with Crippen molar-refractivity contribution in [1.29, 1.82) is 0 Å². The molecule has 124 valence electrons. The van der Waals surface area contributed by atoms with Crippen molar-refractivity contribution in [3.8, 4) is 0 Å². The third-order valence-electron chi connectivity index (χ3n) is 4.11. The predicted molar refractivity (Wildman–Crippen MR) is 93.4 cm³/mol. The minimum atomic E-state index is -0.603. The Hall–Kier alpha value is -2.21. The largest absolute Gasteiger partial charge is 0.325 e. The van der Waals surface area contributed by atoms with E-state index in [-0.39, 0.29) is 17.6 Å². The number of rotatable bonds is 2. The maximum absolute atomic E-state index is 13.4. The van der Waals surface area contributed by atoms with Gasteiger partial charge in [0.1, 0.15) is 11.9 Å². The van der Waals surface area contributed by atoms with Gasteiger partial charge in [-0.15, -0.1) is 0 Å². The molecule has 0 saturated carbocycles. The van der Waals surface area contributed by atoms with Crippen molar-refractivity contribution in [2.45, 2.75) is 13.0 Å². The second kappa shape index (κ2) is 6.73. The van der Waals surface area contributed by atoms with Crippen molar-refractivity contribution < 1.29 is 14.0 Å². The Kier molecular flexibility index (Phi) is 4.66. The first-order valence-corrected chi connectivity index (χ1v) is 8.40. The zero-order chi connectivity index (χ0) is 17.3. The molecule has 4 nitrogen and oxygen atoms in total. The number of halogens is 2. The first-order valence-electron chi connectivity index (χ1n) is 7.61. The monoisotopic (exact) mass is 390 g/mol. The number of piperazine rings is 1. The summed E-state index contributed by atoms with van der Waals surface area (Å²) in [6.45, 7) is 2.44. The van der Waals surface area contributed by atoms with Crippen LogP contribution in [0.3, 0.4) is 0 Å². The summed E-state index contributed by atoms with van der Waals surface area (Å²) >= 11 is 3.35. The molecule has 3 rings (SSSR count). The van der Waals surface area contributed by atoms with Crippen molar-refractivity contribution >= 4 is 33.4 Å². The molecule has 0 aromatic heterocycles. The van der Waals surface area contributed by atoms with Gasteiger partial charge in [0, 0.05) is 28.8 Å². The van der Waals surface area contributed by atoms with Crippen LogP contribution in [0.15, 0.2) is 53.0 Å². The Bertz CT molecular complexity index is 796. The van der Waals surface area contributed by atoms with Crippen molar-refractivity contribution in [1.82, 2.24) is 4.90 Å². The molecule has 1 heterocycles. The third kappa shape index (κ3) is 3.19. The summed E-state index contributed by atoms with van der Waals surface area (Å²) in [5.41, 5.74) is 1.05. The van der Waals surface area contributed by atoms with Crippen molar-refractivity contribution in [3.63, 3.8) is 0 Å². The van der Waals surface area contributed by atoms with E-state index in [0.717, 1.165) is 4.47 Å². The fourth-order valence-electron chi connectivity index (χ4n) is 2.84. The van der Waals surface area contributed by atoms with Gasteiger partial charge in [0.15, 0.2) is 0 Å². The van der Waals surface area contributed by atoms with Gasteiger partial charge in [-0.05, 0) is 43.3 Å². The summed E-state index contributed by atoms with van der Waals surface area (Å²) in [6, 6.07) is 12.4. The van der Waals surface area contributed by atoms with Crippen LogP contribution in [0.4, 0.5) is 10.1 Å². The molecule has 1 aliphatic rings. The van der Waals surface area contributed by atoms with Gasteiger partial charge in [-0.1, -0.05) is 28.1 Å². The van der Waals surface area contributed by atoms with E-state index in [1.165, 1.54) is 17.0 Å². The van der Waals surface area contributed by atoms with Crippen LogP contribution in [0.1, 0.15) is 17.3 Å². The van der Waals surface area contributed by atoms with E-state index >= 15 is 0 Å². The van der Waals surface area contributed by atoms with E-state index in [9.17, 15) is 14.0 Å². The molecule has 1 aliphatic heterocycles. The zero-order valence-electron chi connectivity index (χ0n) is 13.1. The van der Waals surface area contributed by atoms with Crippen LogP contribution < -0.4 is 4.90 Å². The number of nitrogens with zero attached hydrogens (tertiary/aromatic N) is 2.